The van der Waals surface area contributed by atoms with Crippen molar-refractivity contribution in [2.24, 2.45) is 5.41 Å². The molecule has 1 rings (SSSR count). The van der Waals surface area contributed by atoms with Gasteiger partial charge in [0.25, 0.3) is 0 Å². The van der Waals surface area contributed by atoms with Gasteiger partial charge < -0.3 is 14.5 Å². The minimum Gasteiger partial charge on any atom is -0.384 e. The van der Waals surface area contributed by atoms with Crippen LogP contribution in [0.5, 0.6) is 0 Å². The van der Waals surface area contributed by atoms with E-state index < -0.39 is 0 Å². The first-order valence-electron chi connectivity index (χ1n) is 5.83. The summed E-state index contributed by atoms with van der Waals surface area (Å²) in [6.45, 7) is 5.51. The van der Waals surface area contributed by atoms with Gasteiger partial charge in [-0.05, 0) is 40.9 Å². The monoisotopic (exact) mass is 214 g/mol. The van der Waals surface area contributed by atoms with Crippen LogP contribution in [-0.2, 0) is 4.74 Å². The Morgan fingerprint density at radius 3 is 2.27 bits per heavy atom. The van der Waals surface area contributed by atoms with Crippen LogP contribution < -0.4 is 0 Å². The maximum atomic E-state index is 5.29. The number of likely N-dealkylation sites (N-methyl/N-ethyl adjacent to an activating group) is 2. The lowest BCUT2D eigenvalue weighted by atomic mass is 10.1. The Morgan fingerprint density at radius 1 is 1.27 bits per heavy atom. The Kier molecular flexibility index (Phi) is 4.56. The third-order valence-electron chi connectivity index (χ3n) is 3.47. The van der Waals surface area contributed by atoms with Crippen molar-refractivity contribution in [1.29, 1.82) is 0 Å². The third kappa shape index (κ3) is 4.09. The summed E-state index contributed by atoms with van der Waals surface area (Å²) in [6, 6.07) is 0.619. The van der Waals surface area contributed by atoms with Crippen molar-refractivity contribution in [2.45, 2.75) is 25.8 Å². The highest BCUT2D eigenvalue weighted by molar-refractivity contribution is 4.95. The average Bonchev–Trinajstić information content (AvgIpc) is 2.84. The Bertz CT molecular complexity index is 190. The summed E-state index contributed by atoms with van der Waals surface area (Å²) < 4.78 is 5.29. The highest BCUT2D eigenvalue weighted by atomic mass is 16.5. The lowest BCUT2D eigenvalue weighted by molar-refractivity contribution is 0.108. The van der Waals surface area contributed by atoms with Gasteiger partial charge >= 0.3 is 0 Å². The molecule has 0 heterocycles. The van der Waals surface area contributed by atoms with E-state index in [0.29, 0.717) is 11.5 Å². The number of rotatable bonds is 7. The molecule has 90 valence electrons. The summed E-state index contributed by atoms with van der Waals surface area (Å²) in [5.41, 5.74) is 0.482. The minimum absolute atomic E-state index is 0.482. The van der Waals surface area contributed by atoms with Gasteiger partial charge in [0.15, 0.2) is 0 Å². The van der Waals surface area contributed by atoms with Crippen LogP contribution >= 0.6 is 0 Å². The van der Waals surface area contributed by atoms with Crippen molar-refractivity contribution >= 4 is 0 Å². The van der Waals surface area contributed by atoms with Crippen molar-refractivity contribution in [1.82, 2.24) is 9.80 Å². The lowest BCUT2D eigenvalue weighted by Gasteiger charge is -2.28. The number of methoxy groups -OCH3 is 1. The van der Waals surface area contributed by atoms with Gasteiger partial charge in [-0.15, -0.1) is 0 Å². The second-order valence-corrected chi connectivity index (χ2v) is 5.44. The summed E-state index contributed by atoms with van der Waals surface area (Å²) in [5, 5.41) is 0. The van der Waals surface area contributed by atoms with E-state index in [-0.39, 0.29) is 0 Å². The zero-order chi connectivity index (χ0) is 11.5. The molecule has 0 N–H and O–H groups in total. The van der Waals surface area contributed by atoms with Crippen LogP contribution in [0.25, 0.3) is 0 Å². The molecule has 0 radical (unpaired) electrons. The molecular weight excluding hydrogens is 188 g/mol. The molecule has 0 amide bonds. The summed E-state index contributed by atoms with van der Waals surface area (Å²) in [6.07, 6.45) is 2.67. The molecule has 0 aromatic rings. The zero-order valence-corrected chi connectivity index (χ0v) is 10.9. The summed E-state index contributed by atoms with van der Waals surface area (Å²) in [4.78, 5) is 4.71. The van der Waals surface area contributed by atoms with Crippen LogP contribution in [-0.4, -0.2) is 63.8 Å². The molecule has 1 fully saturated rings. The smallest absolute Gasteiger partial charge is 0.0530 e. The molecule has 0 saturated heterocycles. The largest absolute Gasteiger partial charge is 0.384 e. The predicted molar refractivity (Wildman–Crippen MR) is 64.2 cm³/mol. The third-order valence-corrected chi connectivity index (χ3v) is 3.47. The molecule has 1 aliphatic rings. The van der Waals surface area contributed by atoms with Gasteiger partial charge in [0, 0.05) is 31.7 Å². The Labute approximate surface area is 94.4 Å². The van der Waals surface area contributed by atoms with Gasteiger partial charge in [-0.2, -0.15) is 0 Å². The van der Waals surface area contributed by atoms with Crippen molar-refractivity contribution in [2.75, 3.05) is 47.9 Å². The zero-order valence-electron chi connectivity index (χ0n) is 10.9. The average molecular weight is 214 g/mol. The number of hydrogen-bond acceptors (Lipinski definition) is 3. The van der Waals surface area contributed by atoms with E-state index >= 15 is 0 Å². The van der Waals surface area contributed by atoms with Crippen LogP contribution in [0.1, 0.15) is 19.8 Å². The highest BCUT2D eigenvalue weighted by Gasteiger charge is 2.43. The molecule has 3 heteroatoms. The van der Waals surface area contributed by atoms with E-state index in [2.05, 4.69) is 37.9 Å². The van der Waals surface area contributed by atoms with Crippen LogP contribution in [0.15, 0.2) is 0 Å². The Morgan fingerprint density at radius 2 is 1.87 bits per heavy atom. The Balaban J connectivity index is 2.26. The van der Waals surface area contributed by atoms with Crippen molar-refractivity contribution in [3.05, 3.63) is 0 Å². The summed E-state index contributed by atoms with van der Waals surface area (Å²) >= 11 is 0. The predicted octanol–water partition coefficient (Wildman–Crippen LogP) is 1.29. The molecule has 1 saturated carbocycles. The summed E-state index contributed by atoms with van der Waals surface area (Å²) in [7, 11) is 8.30. The fourth-order valence-electron chi connectivity index (χ4n) is 2.08. The molecule has 1 atom stereocenters. The van der Waals surface area contributed by atoms with E-state index in [4.69, 9.17) is 4.74 Å². The molecule has 0 spiro atoms. The van der Waals surface area contributed by atoms with Crippen LogP contribution in [0.3, 0.4) is 0 Å². The number of ether oxygens (including phenoxy) is 1. The van der Waals surface area contributed by atoms with E-state index in [9.17, 15) is 0 Å². The molecule has 0 aromatic heterocycles. The molecule has 15 heavy (non-hydrogen) atoms. The van der Waals surface area contributed by atoms with E-state index in [1.165, 1.54) is 19.4 Å². The van der Waals surface area contributed by atoms with Crippen molar-refractivity contribution in [3.8, 4) is 0 Å². The maximum absolute atomic E-state index is 5.29. The van der Waals surface area contributed by atoms with E-state index in [0.717, 1.165) is 13.2 Å². The number of hydrogen-bond donors (Lipinski definition) is 0. The maximum Gasteiger partial charge on any atom is 0.0530 e. The second-order valence-electron chi connectivity index (χ2n) is 5.44. The Hall–Kier alpha value is -0.120. The SMILES string of the molecule is COCC1(CN(C)C[C@H](C)N(C)C)CC1. The standard InChI is InChI=1S/C12H26N2O/c1-11(13(2)3)8-14(4)9-12(6-7-12)10-15-5/h11H,6-10H2,1-5H3/t11-/m0/s1. The molecule has 3 nitrogen and oxygen atoms in total. The first-order valence-corrected chi connectivity index (χ1v) is 5.83. The lowest BCUT2D eigenvalue weighted by Crippen LogP contribution is -2.39. The van der Waals surface area contributed by atoms with Crippen LogP contribution in [0.2, 0.25) is 0 Å². The van der Waals surface area contributed by atoms with Crippen molar-refractivity contribution in [3.63, 3.8) is 0 Å². The first kappa shape index (κ1) is 12.9. The molecule has 0 unspecified atom stereocenters. The number of nitrogens with zero attached hydrogens (tertiary/aromatic N) is 2. The van der Waals surface area contributed by atoms with Crippen LogP contribution in [0.4, 0.5) is 0 Å². The second kappa shape index (κ2) is 5.28. The summed E-state index contributed by atoms with van der Waals surface area (Å²) in [5.74, 6) is 0. The molecule has 0 aliphatic heterocycles. The molecule has 1 aliphatic carbocycles. The van der Waals surface area contributed by atoms with Gasteiger partial charge in [0.05, 0.1) is 6.61 Å². The first-order chi connectivity index (χ1) is 6.99. The topological polar surface area (TPSA) is 15.7 Å². The van der Waals surface area contributed by atoms with Gasteiger partial charge in [-0.3, -0.25) is 0 Å². The van der Waals surface area contributed by atoms with Gasteiger partial charge in [-0.25, -0.2) is 0 Å². The minimum atomic E-state index is 0.482. The van der Waals surface area contributed by atoms with E-state index in [1.807, 2.05) is 7.11 Å². The van der Waals surface area contributed by atoms with E-state index in [1.54, 1.807) is 0 Å². The van der Waals surface area contributed by atoms with Gasteiger partial charge in [0.1, 0.15) is 0 Å². The molecule has 0 aromatic carbocycles. The highest BCUT2D eigenvalue weighted by Crippen LogP contribution is 2.46. The van der Waals surface area contributed by atoms with Crippen molar-refractivity contribution < 1.29 is 4.74 Å². The fourth-order valence-corrected chi connectivity index (χ4v) is 2.08. The molecule has 0 bridgehead atoms. The van der Waals surface area contributed by atoms with Crippen LogP contribution in [0, 0.1) is 5.41 Å². The quantitative estimate of drug-likeness (QED) is 0.635. The van der Waals surface area contributed by atoms with Gasteiger partial charge in [0.2, 0.25) is 0 Å². The normalized spacial score (nSPS) is 21.0. The van der Waals surface area contributed by atoms with Gasteiger partial charge in [-0.1, -0.05) is 0 Å². The fraction of sp³-hybridized carbons (Fsp3) is 1.00. The molecular formula is C12H26N2O.